The third kappa shape index (κ3) is 2.13. The Hall–Kier alpha value is -1.65. The maximum absolute atomic E-state index is 13.4. The molecule has 1 saturated carbocycles. The molecule has 0 radical (unpaired) electrons. The fourth-order valence-corrected chi connectivity index (χ4v) is 1.31. The van der Waals surface area contributed by atoms with E-state index in [4.69, 9.17) is 10.5 Å². The van der Waals surface area contributed by atoms with E-state index in [0.717, 1.165) is 25.0 Å². The lowest BCUT2D eigenvalue weighted by Crippen LogP contribution is -2.13. The van der Waals surface area contributed by atoms with Gasteiger partial charge in [-0.15, -0.1) is 0 Å². The van der Waals surface area contributed by atoms with Gasteiger partial charge in [-0.25, -0.2) is 13.6 Å². The van der Waals surface area contributed by atoms with Gasteiger partial charge in [-0.2, -0.15) is 0 Å². The Labute approximate surface area is 91.2 Å². The molecule has 1 aromatic carbocycles. The number of carbonyl (C=O) groups is 1. The number of ether oxygens (including phenoxy) is 1. The molecule has 0 heterocycles. The minimum absolute atomic E-state index is 0.215. The molecule has 1 fully saturated rings. The first-order chi connectivity index (χ1) is 7.59. The van der Waals surface area contributed by atoms with Crippen LogP contribution < -0.4 is 5.73 Å². The molecule has 1 aliphatic carbocycles. The fraction of sp³-hybridized carbons (Fsp3) is 0.364. The molecule has 86 valence electrons. The quantitative estimate of drug-likeness (QED) is 0.635. The third-order valence-corrected chi connectivity index (χ3v) is 2.47. The van der Waals surface area contributed by atoms with Crippen LogP contribution in [0.5, 0.6) is 0 Å². The Morgan fingerprint density at radius 1 is 1.44 bits per heavy atom. The largest absolute Gasteiger partial charge is 0.462 e. The van der Waals surface area contributed by atoms with Crippen molar-refractivity contribution in [1.29, 1.82) is 0 Å². The van der Waals surface area contributed by atoms with Gasteiger partial charge in [0.15, 0.2) is 5.82 Å². The summed E-state index contributed by atoms with van der Waals surface area (Å²) in [5.41, 5.74) is 4.27. The number of benzene rings is 1. The van der Waals surface area contributed by atoms with E-state index in [0.29, 0.717) is 5.92 Å². The lowest BCUT2D eigenvalue weighted by atomic mass is 10.1. The highest BCUT2D eigenvalue weighted by Crippen LogP contribution is 2.29. The summed E-state index contributed by atoms with van der Waals surface area (Å²) in [6.45, 7) is 0.215. The monoisotopic (exact) mass is 227 g/mol. The molecule has 1 aromatic rings. The average Bonchev–Trinajstić information content (AvgIpc) is 3.05. The summed E-state index contributed by atoms with van der Waals surface area (Å²) >= 11 is 0. The van der Waals surface area contributed by atoms with Gasteiger partial charge in [0.2, 0.25) is 0 Å². The molecule has 0 unspecified atom stereocenters. The van der Waals surface area contributed by atoms with Crippen LogP contribution >= 0.6 is 0 Å². The highest BCUT2D eigenvalue weighted by Gasteiger charge is 2.26. The van der Waals surface area contributed by atoms with E-state index in [1.807, 2.05) is 0 Å². The predicted octanol–water partition coefficient (Wildman–Crippen LogP) is 2.11. The van der Waals surface area contributed by atoms with Gasteiger partial charge < -0.3 is 10.5 Å². The van der Waals surface area contributed by atoms with E-state index in [1.54, 1.807) is 0 Å². The average molecular weight is 227 g/mol. The number of halogens is 2. The second-order valence-electron chi connectivity index (χ2n) is 3.87. The lowest BCUT2D eigenvalue weighted by molar-refractivity contribution is 0.0475. The molecule has 0 saturated heterocycles. The summed E-state index contributed by atoms with van der Waals surface area (Å²) in [5.74, 6) is -2.65. The van der Waals surface area contributed by atoms with Crippen molar-refractivity contribution in [2.24, 2.45) is 5.92 Å². The number of nitrogen functional groups attached to an aromatic ring is 1. The smallest absolute Gasteiger partial charge is 0.344 e. The predicted molar refractivity (Wildman–Crippen MR) is 53.8 cm³/mol. The molecule has 0 bridgehead atoms. The number of carbonyl (C=O) groups excluding carboxylic acids is 1. The lowest BCUT2D eigenvalue weighted by Gasteiger charge is -2.07. The molecule has 0 amide bonds. The van der Waals surface area contributed by atoms with Crippen molar-refractivity contribution in [2.45, 2.75) is 12.8 Å². The van der Waals surface area contributed by atoms with Gasteiger partial charge in [0, 0.05) is 0 Å². The van der Waals surface area contributed by atoms with Crippen molar-refractivity contribution in [3.8, 4) is 0 Å². The van der Waals surface area contributed by atoms with Crippen LogP contribution in [0.2, 0.25) is 0 Å². The molecule has 16 heavy (non-hydrogen) atoms. The third-order valence-electron chi connectivity index (χ3n) is 2.47. The Bertz CT molecular complexity index is 430. The topological polar surface area (TPSA) is 52.3 Å². The maximum atomic E-state index is 13.4. The van der Waals surface area contributed by atoms with Gasteiger partial charge in [0.05, 0.1) is 12.3 Å². The van der Waals surface area contributed by atoms with Crippen LogP contribution in [-0.4, -0.2) is 12.6 Å². The number of nitrogens with two attached hydrogens (primary N) is 1. The second-order valence-corrected chi connectivity index (χ2v) is 3.87. The van der Waals surface area contributed by atoms with E-state index in [9.17, 15) is 13.6 Å². The highest BCUT2D eigenvalue weighted by molar-refractivity contribution is 5.91. The van der Waals surface area contributed by atoms with Gasteiger partial charge in [-0.1, -0.05) is 0 Å². The summed E-state index contributed by atoms with van der Waals surface area (Å²) in [4.78, 5) is 11.4. The van der Waals surface area contributed by atoms with E-state index in [1.165, 1.54) is 0 Å². The van der Waals surface area contributed by atoms with Crippen molar-refractivity contribution >= 4 is 11.7 Å². The summed E-state index contributed by atoms with van der Waals surface area (Å²) in [6.07, 6.45) is 1.99. The molecule has 2 rings (SSSR count). The summed E-state index contributed by atoms with van der Waals surface area (Å²) in [5, 5.41) is 0. The van der Waals surface area contributed by atoms with Crippen LogP contribution in [0.25, 0.3) is 0 Å². The zero-order chi connectivity index (χ0) is 11.7. The molecule has 0 spiro atoms. The van der Waals surface area contributed by atoms with E-state index < -0.39 is 23.2 Å². The van der Waals surface area contributed by atoms with Crippen LogP contribution in [0.1, 0.15) is 23.2 Å². The van der Waals surface area contributed by atoms with Crippen molar-refractivity contribution < 1.29 is 18.3 Å². The van der Waals surface area contributed by atoms with Crippen LogP contribution in [0.15, 0.2) is 12.1 Å². The Morgan fingerprint density at radius 3 is 2.75 bits per heavy atom. The minimum Gasteiger partial charge on any atom is -0.462 e. The van der Waals surface area contributed by atoms with E-state index in [2.05, 4.69) is 0 Å². The number of esters is 1. The van der Waals surface area contributed by atoms with Gasteiger partial charge in [0.1, 0.15) is 11.4 Å². The molecule has 0 aromatic heterocycles. The molecule has 5 heteroatoms. The highest BCUT2D eigenvalue weighted by atomic mass is 19.1. The summed E-state index contributed by atoms with van der Waals surface area (Å²) < 4.78 is 31.4. The first kappa shape index (κ1) is 10.9. The zero-order valence-corrected chi connectivity index (χ0v) is 8.50. The fourth-order valence-electron chi connectivity index (χ4n) is 1.31. The second kappa shape index (κ2) is 4.08. The molecule has 3 nitrogen and oxygen atoms in total. The minimum atomic E-state index is -1.05. The standard InChI is InChI=1S/C11H11F2NO2/c12-7-3-4-8(14)10(13)9(7)11(15)16-5-6-1-2-6/h3-4,6H,1-2,5,14H2. The first-order valence-electron chi connectivity index (χ1n) is 5.00. The normalized spacial score (nSPS) is 14.9. The number of rotatable bonds is 3. The molecule has 2 N–H and O–H groups in total. The molecule has 1 aliphatic rings. The Morgan fingerprint density at radius 2 is 2.12 bits per heavy atom. The van der Waals surface area contributed by atoms with Crippen LogP contribution in [0, 0.1) is 17.6 Å². The summed E-state index contributed by atoms with van der Waals surface area (Å²) in [6, 6.07) is 2.02. The van der Waals surface area contributed by atoms with Gasteiger partial charge in [-0.3, -0.25) is 0 Å². The molecular formula is C11H11F2NO2. The van der Waals surface area contributed by atoms with Crippen molar-refractivity contribution in [3.05, 3.63) is 29.3 Å². The molecule has 0 atom stereocenters. The first-order valence-corrected chi connectivity index (χ1v) is 5.00. The van der Waals surface area contributed by atoms with Crippen molar-refractivity contribution in [2.75, 3.05) is 12.3 Å². The number of hydrogen-bond acceptors (Lipinski definition) is 3. The summed E-state index contributed by atoms with van der Waals surface area (Å²) in [7, 11) is 0. The molecular weight excluding hydrogens is 216 g/mol. The van der Waals surface area contributed by atoms with Crippen LogP contribution in [0.3, 0.4) is 0 Å². The zero-order valence-electron chi connectivity index (χ0n) is 8.50. The maximum Gasteiger partial charge on any atom is 0.344 e. The van der Waals surface area contributed by atoms with Gasteiger partial charge in [0.25, 0.3) is 0 Å². The van der Waals surface area contributed by atoms with Crippen molar-refractivity contribution in [1.82, 2.24) is 0 Å². The van der Waals surface area contributed by atoms with Crippen LogP contribution in [-0.2, 0) is 4.74 Å². The van der Waals surface area contributed by atoms with Crippen LogP contribution in [0.4, 0.5) is 14.5 Å². The van der Waals surface area contributed by atoms with Crippen molar-refractivity contribution in [3.63, 3.8) is 0 Å². The molecule has 0 aliphatic heterocycles. The Kier molecular flexibility index (Phi) is 2.77. The van der Waals surface area contributed by atoms with E-state index >= 15 is 0 Å². The Balaban J connectivity index is 2.17. The SMILES string of the molecule is Nc1ccc(F)c(C(=O)OCC2CC2)c1F. The van der Waals surface area contributed by atoms with Gasteiger partial charge >= 0.3 is 5.97 Å². The number of hydrogen-bond donors (Lipinski definition) is 1. The van der Waals surface area contributed by atoms with Gasteiger partial charge in [-0.05, 0) is 30.9 Å². The number of anilines is 1. The van der Waals surface area contributed by atoms with E-state index in [-0.39, 0.29) is 12.3 Å².